The van der Waals surface area contributed by atoms with Crippen molar-refractivity contribution in [1.82, 2.24) is 4.98 Å². The van der Waals surface area contributed by atoms with Crippen LogP contribution in [0.15, 0.2) is 36.5 Å². The second kappa shape index (κ2) is 5.40. The van der Waals surface area contributed by atoms with Gasteiger partial charge in [-0.05, 0) is 36.2 Å². The summed E-state index contributed by atoms with van der Waals surface area (Å²) in [6.07, 6.45) is 2.59. The van der Waals surface area contributed by atoms with E-state index in [0.717, 1.165) is 6.42 Å². The third kappa shape index (κ3) is 2.53. The second-order valence-electron chi connectivity index (χ2n) is 3.84. The van der Waals surface area contributed by atoms with Crippen molar-refractivity contribution in [3.63, 3.8) is 0 Å². The standard InChI is InChI=1S/C14H16N2O2/c1-3-10-6-7-12(11(15)9-10)18-14-13(17-2)5-4-8-16-14/h4-9H,3,15H2,1-2H3. The van der Waals surface area contributed by atoms with E-state index in [0.29, 0.717) is 23.1 Å². The predicted molar refractivity (Wildman–Crippen MR) is 71.1 cm³/mol. The molecule has 2 N–H and O–H groups in total. The first-order valence-electron chi connectivity index (χ1n) is 5.80. The first-order chi connectivity index (χ1) is 8.74. The molecule has 0 fully saturated rings. The van der Waals surface area contributed by atoms with E-state index in [9.17, 15) is 0 Å². The molecule has 18 heavy (non-hydrogen) atoms. The molecular formula is C14H16N2O2. The molecule has 0 bridgehead atoms. The van der Waals surface area contributed by atoms with Crippen molar-refractivity contribution in [1.29, 1.82) is 0 Å². The zero-order valence-corrected chi connectivity index (χ0v) is 10.5. The minimum atomic E-state index is 0.413. The third-order valence-electron chi connectivity index (χ3n) is 2.65. The highest BCUT2D eigenvalue weighted by Crippen LogP contribution is 2.32. The van der Waals surface area contributed by atoms with Gasteiger partial charge >= 0.3 is 0 Å². The number of ether oxygens (including phenoxy) is 2. The Kier molecular flexibility index (Phi) is 3.67. The first kappa shape index (κ1) is 12.2. The van der Waals surface area contributed by atoms with Crippen LogP contribution in [-0.4, -0.2) is 12.1 Å². The number of rotatable bonds is 4. The van der Waals surface area contributed by atoms with Crippen molar-refractivity contribution in [2.75, 3.05) is 12.8 Å². The predicted octanol–water partition coefficient (Wildman–Crippen LogP) is 3.03. The van der Waals surface area contributed by atoms with Crippen LogP contribution in [0.25, 0.3) is 0 Å². The van der Waals surface area contributed by atoms with Crippen LogP contribution in [0.2, 0.25) is 0 Å². The molecule has 1 aromatic carbocycles. The summed E-state index contributed by atoms with van der Waals surface area (Å²) in [5.74, 6) is 1.58. The summed E-state index contributed by atoms with van der Waals surface area (Å²) in [4.78, 5) is 4.13. The highest BCUT2D eigenvalue weighted by atomic mass is 16.5. The Morgan fingerprint density at radius 1 is 1.22 bits per heavy atom. The van der Waals surface area contributed by atoms with Gasteiger partial charge in [-0.2, -0.15) is 0 Å². The maximum Gasteiger partial charge on any atom is 0.262 e. The van der Waals surface area contributed by atoms with E-state index in [1.54, 1.807) is 25.4 Å². The van der Waals surface area contributed by atoms with Crippen molar-refractivity contribution in [3.05, 3.63) is 42.1 Å². The number of aromatic nitrogens is 1. The molecule has 0 aliphatic rings. The quantitative estimate of drug-likeness (QED) is 0.840. The molecule has 0 amide bonds. The number of hydrogen-bond acceptors (Lipinski definition) is 4. The summed E-state index contributed by atoms with van der Waals surface area (Å²) in [6, 6.07) is 9.32. The van der Waals surface area contributed by atoms with Gasteiger partial charge in [-0.25, -0.2) is 4.98 Å². The van der Waals surface area contributed by atoms with E-state index in [1.807, 2.05) is 18.2 Å². The fraction of sp³-hybridized carbons (Fsp3) is 0.214. The number of nitrogen functional groups attached to an aromatic ring is 1. The third-order valence-corrected chi connectivity index (χ3v) is 2.65. The SMILES string of the molecule is CCc1ccc(Oc2ncccc2OC)c(N)c1. The van der Waals surface area contributed by atoms with E-state index >= 15 is 0 Å². The molecule has 4 heteroatoms. The second-order valence-corrected chi connectivity index (χ2v) is 3.84. The maximum atomic E-state index is 5.94. The van der Waals surface area contributed by atoms with Gasteiger partial charge in [0.25, 0.3) is 5.88 Å². The van der Waals surface area contributed by atoms with Gasteiger partial charge in [0.15, 0.2) is 11.5 Å². The number of nitrogens with zero attached hydrogens (tertiary/aromatic N) is 1. The molecule has 0 radical (unpaired) electrons. The molecule has 4 nitrogen and oxygen atoms in total. The van der Waals surface area contributed by atoms with E-state index in [1.165, 1.54) is 5.56 Å². The Morgan fingerprint density at radius 2 is 2.06 bits per heavy atom. The van der Waals surface area contributed by atoms with Gasteiger partial charge in [-0.15, -0.1) is 0 Å². The zero-order chi connectivity index (χ0) is 13.0. The number of benzene rings is 1. The molecule has 1 heterocycles. The van der Waals surface area contributed by atoms with Crippen molar-refractivity contribution in [2.24, 2.45) is 0 Å². The van der Waals surface area contributed by atoms with Crippen molar-refractivity contribution >= 4 is 5.69 Å². The molecule has 0 saturated carbocycles. The van der Waals surface area contributed by atoms with Gasteiger partial charge in [0.05, 0.1) is 12.8 Å². The molecule has 0 aliphatic carbocycles. The molecule has 2 aromatic rings. The van der Waals surface area contributed by atoms with Crippen LogP contribution < -0.4 is 15.2 Å². The van der Waals surface area contributed by atoms with Gasteiger partial charge in [0.1, 0.15) is 0 Å². The van der Waals surface area contributed by atoms with Crippen LogP contribution in [0.1, 0.15) is 12.5 Å². The fourth-order valence-electron chi connectivity index (χ4n) is 1.62. The Bertz CT molecular complexity index is 541. The Balaban J connectivity index is 2.28. The van der Waals surface area contributed by atoms with E-state index in [2.05, 4.69) is 11.9 Å². The zero-order valence-electron chi connectivity index (χ0n) is 10.5. The largest absolute Gasteiger partial charge is 0.491 e. The van der Waals surface area contributed by atoms with Gasteiger partial charge < -0.3 is 15.2 Å². The maximum absolute atomic E-state index is 5.94. The van der Waals surface area contributed by atoms with Gasteiger partial charge in [0.2, 0.25) is 0 Å². The lowest BCUT2D eigenvalue weighted by atomic mass is 10.1. The number of nitrogens with two attached hydrogens (primary N) is 1. The summed E-state index contributed by atoms with van der Waals surface area (Å²) in [7, 11) is 1.58. The highest BCUT2D eigenvalue weighted by Gasteiger charge is 2.08. The summed E-state index contributed by atoms with van der Waals surface area (Å²) in [5, 5.41) is 0. The van der Waals surface area contributed by atoms with Gasteiger partial charge in [0, 0.05) is 6.20 Å². The number of pyridine rings is 1. The molecule has 2 rings (SSSR count). The van der Waals surface area contributed by atoms with Crippen molar-refractivity contribution in [2.45, 2.75) is 13.3 Å². The average Bonchev–Trinajstić information content (AvgIpc) is 2.41. The lowest BCUT2D eigenvalue weighted by Gasteiger charge is -2.11. The molecule has 0 unspecified atom stereocenters. The summed E-state index contributed by atoms with van der Waals surface area (Å²) in [5.41, 5.74) is 7.72. The van der Waals surface area contributed by atoms with Crippen LogP contribution in [0, 0.1) is 0 Å². The van der Waals surface area contributed by atoms with Gasteiger partial charge in [-0.3, -0.25) is 0 Å². The normalized spacial score (nSPS) is 10.1. The van der Waals surface area contributed by atoms with E-state index in [-0.39, 0.29) is 0 Å². The molecule has 1 aromatic heterocycles. The van der Waals surface area contributed by atoms with Crippen molar-refractivity contribution in [3.8, 4) is 17.4 Å². The smallest absolute Gasteiger partial charge is 0.262 e. The molecule has 94 valence electrons. The Hall–Kier alpha value is -2.23. The minimum absolute atomic E-state index is 0.413. The molecule has 0 aliphatic heterocycles. The van der Waals surface area contributed by atoms with Crippen LogP contribution in [-0.2, 0) is 6.42 Å². The molecular weight excluding hydrogens is 228 g/mol. The first-order valence-corrected chi connectivity index (χ1v) is 5.80. The topological polar surface area (TPSA) is 57.4 Å². The lowest BCUT2D eigenvalue weighted by molar-refractivity contribution is 0.370. The van der Waals surface area contributed by atoms with E-state index in [4.69, 9.17) is 15.2 Å². The Labute approximate surface area is 106 Å². The van der Waals surface area contributed by atoms with Crippen LogP contribution in [0.4, 0.5) is 5.69 Å². The number of methoxy groups -OCH3 is 1. The number of anilines is 1. The number of aryl methyl sites for hydroxylation is 1. The van der Waals surface area contributed by atoms with Crippen LogP contribution >= 0.6 is 0 Å². The minimum Gasteiger partial charge on any atom is -0.491 e. The summed E-state index contributed by atoms with van der Waals surface area (Å²) >= 11 is 0. The summed E-state index contributed by atoms with van der Waals surface area (Å²) < 4.78 is 10.8. The van der Waals surface area contributed by atoms with E-state index < -0.39 is 0 Å². The molecule has 0 spiro atoms. The van der Waals surface area contributed by atoms with Crippen LogP contribution in [0.3, 0.4) is 0 Å². The van der Waals surface area contributed by atoms with Crippen LogP contribution in [0.5, 0.6) is 17.4 Å². The average molecular weight is 244 g/mol. The fourth-order valence-corrected chi connectivity index (χ4v) is 1.62. The van der Waals surface area contributed by atoms with Crippen molar-refractivity contribution < 1.29 is 9.47 Å². The van der Waals surface area contributed by atoms with Gasteiger partial charge in [-0.1, -0.05) is 13.0 Å². The molecule has 0 atom stereocenters. The Morgan fingerprint density at radius 3 is 2.72 bits per heavy atom. The number of hydrogen-bond donors (Lipinski definition) is 1. The summed E-state index contributed by atoms with van der Waals surface area (Å²) in [6.45, 7) is 2.08. The highest BCUT2D eigenvalue weighted by molar-refractivity contribution is 5.56. The lowest BCUT2D eigenvalue weighted by Crippen LogP contribution is -1.97. The monoisotopic (exact) mass is 244 g/mol. The molecule has 0 saturated heterocycles.